The van der Waals surface area contributed by atoms with Gasteiger partial charge in [-0.25, -0.2) is 13.8 Å². The molecule has 0 amide bonds. The van der Waals surface area contributed by atoms with Crippen LogP contribution < -0.4 is 0 Å². The summed E-state index contributed by atoms with van der Waals surface area (Å²) in [6.07, 6.45) is 0. The summed E-state index contributed by atoms with van der Waals surface area (Å²) >= 11 is 0. The van der Waals surface area contributed by atoms with Gasteiger partial charge in [0.15, 0.2) is 0 Å². The molecule has 0 unspecified atom stereocenters. The van der Waals surface area contributed by atoms with Gasteiger partial charge in [-0.2, -0.15) is 0 Å². The molecule has 16 heavy (non-hydrogen) atoms. The molecule has 0 saturated carbocycles. The van der Waals surface area contributed by atoms with Gasteiger partial charge in [0.2, 0.25) is 0 Å². The minimum absolute atomic E-state index is 0.205. The number of aromatic nitrogens is 1. The lowest BCUT2D eigenvalue weighted by molar-refractivity contribution is 0.469. The van der Waals surface area contributed by atoms with Crippen LogP contribution in [0.5, 0.6) is 5.75 Å². The van der Waals surface area contributed by atoms with Gasteiger partial charge in [-0.3, -0.25) is 0 Å². The quantitative estimate of drug-likeness (QED) is 0.845. The molecular weight excluding hydrogens is 212 g/mol. The molecule has 1 N–H and O–H groups in total. The summed E-state index contributed by atoms with van der Waals surface area (Å²) in [5.41, 5.74) is 1.09. The number of pyridine rings is 1. The van der Waals surface area contributed by atoms with Crippen molar-refractivity contribution in [3.05, 3.63) is 47.9 Å². The molecule has 0 radical (unpaired) electrons. The van der Waals surface area contributed by atoms with Crippen LogP contribution in [-0.4, -0.2) is 10.1 Å². The molecular formula is C12H9F2NO. The third kappa shape index (κ3) is 2.00. The van der Waals surface area contributed by atoms with Crippen LogP contribution >= 0.6 is 0 Å². The Morgan fingerprint density at radius 2 is 2.00 bits per heavy atom. The molecule has 0 fully saturated rings. The van der Waals surface area contributed by atoms with E-state index in [0.29, 0.717) is 11.3 Å². The molecule has 1 aromatic heterocycles. The van der Waals surface area contributed by atoms with E-state index in [1.807, 2.05) is 0 Å². The smallest absolute Gasteiger partial charge is 0.131 e. The highest BCUT2D eigenvalue weighted by Gasteiger charge is 2.07. The van der Waals surface area contributed by atoms with Crippen LogP contribution in [0.4, 0.5) is 8.78 Å². The number of hydrogen-bond acceptors (Lipinski definition) is 2. The van der Waals surface area contributed by atoms with Crippen LogP contribution in [0.3, 0.4) is 0 Å². The molecule has 1 aromatic carbocycles. The number of phenolic OH excluding ortho intramolecular Hbond substituents is 1. The van der Waals surface area contributed by atoms with Crippen molar-refractivity contribution in [1.82, 2.24) is 4.98 Å². The molecule has 0 atom stereocenters. The van der Waals surface area contributed by atoms with Gasteiger partial charge in [0.1, 0.15) is 18.2 Å². The molecule has 0 aliphatic rings. The average molecular weight is 221 g/mol. The maximum absolute atomic E-state index is 12.8. The molecule has 0 spiro atoms. The second-order valence-electron chi connectivity index (χ2n) is 3.31. The third-order valence-corrected chi connectivity index (χ3v) is 2.18. The Bertz CT molecular complexity index is 514. The normalized spacial score (nSPS) is 10.4. The summed E-state index contributed by atoms with van der Waals surface area (Å²) < 4.78 is 25.2. The molecule has 0 bridgehead atoms. The molecule has 82 valence electrons. The van der Waals surface area contributed by atoms with Gasteiger partial charge in [-0.15, -0.1) is 0 Å². The zero-order valence-electron chi connectivity index (χ0n) is 8.32. The van der Waals surface area contributed by atoms with E-state index in [2.05, 4.69) is 4.98 Å². The summed E-state index contributed by atoms with van der Waals surface area (Å²) in [6.45, 7) is -0.671. The van der Waals surface area contributed by atoms with Crippen molar-refractivity contribution in [3.8, 4) is 17.0 Å². The maximum Gasteiger partial charge on any atom is 0.131 e. The van der Waals surface area contributed by atoms with Gasteiger partial charge in [-0.05, 0) is 24.3 Å². The molecule has 2 aromatic rings. The van der Waals surface area contributed by atoms with Gasteiger partial charge < -0.3 is 5.11 Å². The summed E-state index contributed by atoms with van der Waals surface area (Å²) in [4.78, 5) is 3.99. The fourth-order valence-electron chi connectivity index (χ4n) is 1.43. The van der Waals surface area contributed by atoms with Gasteiger partial charge in [0.25, 0.3) is 0 Å². The molecule has 1 heterocycles. The van der Waals surface area contributed by atoms with Crippen molar-refractivity contribution < 1.29 is 13.9 Å². The minimum atomic E-state index is -0.671. The van der Waals surface area contributed by atoms with Gasteiger partial charge in [-0.1, -0.05) is 6.07 Å². The predicted octanol–water partition coefficient (Wildman–Crippen LogP) is 3.06. The van der Waals surface area contributed by atoms with Crippen molar-refractivity contribution in [1.29, 1.82) is 0 Å². The predicted molar refractivity (Wildman–Crippen MR) is 56.1 cm³/mol. The first-order chi connectivity index (χ1) is 7.70. The SMILES string of the molecule is Oc1cc(F)ccc1-c1cccc(CF)n1. The second kappa shape index (κ2) is 4.26. The molecule has 4 heteroatoms. The molecule has 0 saturated heterocycles. The third-order valence-electron chi connectivity index (χ3n) is 2.18. The van der Waals surface area contributed by atoms with Crippen LogP contribution in [0.2, 0.25) is 0 Å². The van der Waals surface area contributed by atoms with E-state index in [4.69, 9.17) is 0 Å². The Hall–Kier alpha value is -1.97. The van der Waals surface area contributed by atoms with E-state index in [0.717, 1.165) is 6.07 Å². The topological polar surface area (TPSA) is 33.1 Å². The number of alkyl halides is 1. The lowest BCUT2D eigenvalue weighted by atomic mass is 10.1. The van der Waals surface area contributed by atoms with E-state index < -0.39 is 12.5 Å². The monoisotopic (exact) mass is 221 g/mol. The van der Waals surface area contributed by atoms with Gasteiger partial charge in [0, 0.05) is 11.6 Å². The second-order valence-corrected chi connectivity index (χ2v) is 3.31. The van der Waals surface area contributed by atoms with Gasteiger partial charge >= 0.3 is 0 Å². The van der Waals surface area contributed by atoms with Crippen LogP contribution in [0.15, 0.2) is 36.4 Å². The largest absolute Gasteiger partial charge is 0.507 e. The van der Waals surface area contributed by atoms with Crippen molar-refractivity contribution in [2.24, 2.45) is 0 Å². The average Bonchev–Trinajstić information content (AvgIpc) is 2.29. The number of hydrogen-bond donors (Lipinski definition) is 1. The standard InChI is InChI=1S/C12H9F2NO/c13-7-9-2-1-3-11(15-9)10-5-4-8(14)6-12(10)16/h1-6,16H,7H2. The Labute approximate surface area is 91.2 Å². The first-order valence-corrected chi connectivity index (χ1v) is 4.71. The molecule has 0 aliphatic heterocycles. The number of aromatic hydroxyl groups is 1. The molecule has 2 nitrogen and oxygen atoms in total. The Kier molecular flexibility index (Phi) is 2.81. The lowest BCUT2D eigenvalue weighted by Gasteiger charge is -2.04. The maximum atomic E-state index is 12.8. The van der Waals surface area contributed by atoms with E-state index in [-0.39, 0.29) is 11.4 Å². The van der Waals surface area contributed by atoms with E-state index >= 15 is 0 Å². The van der Waals surface area contributed by atoms with Crippen molar-refractivity contribution in [2.45, 2.75) is 6.67 Å². The number of halogens is 2. The summed E-state index contributed by atoms with van der Waals surface area (Å²) in [6, 6.07) is 8.45. The van der Waals surface area contributed by atoms with E-state index in [1.165, 1.54) is 12.1 Å². The van der Waals surface area contributed by atoms with E-state index in [1.54, 1.807) is 18.2 Å². The lowest BCUT2D eigenvalue weighted by Crippen LogP contribution is -1.90. The number of benzene rings is 1. The highest BCUT2D eigenvalue weighted by atomic mass is 19.1. The van der Waals surface area contributed by atoms with Gasteiger partial charge in [0.05, 0.1) is 11.4 Å². The minimum Gasteiger partial charge on any atom is -0.507 e. The van der Waals surface area contributed by atoms with Crippen LogP contribution in [0.25, 0.3) is 11.3 Å². The van der Waals surface area contributed by atoms with Crippen molar-refractivity contribution in [3.63, 3.8) is 0 Å². The van der Waals surface area contributed by atoms with Crippen molar-refractivity contribution in [2.75, 3.05) is 0 Å². The van der Waals surface area contributed by atoms with Crippen LogP contribution in [0.1, 0.15) is 5.69 Å². The fraction of sp³-hybridized carbons (Fsp3) is 0.0833. The summed E-state index contributed by atoms with van der Waals surface area (Å²) in [5, 5.41) is 9.53. The Morgan fingerprint density at radius 1 is 1.19 bits per heavy atom. The first kappa shape index (κ1) is 10.5. The van der Waals surface area contributed by atoms with Crippen molar-refractivity contribution >= 4 is 0 Å². The van der Waals surface area contributed by atoms with E-state index in [9.17, 15) is 13.9 Å². The van der Waals surface area contributed by atoms with Crippen LogP contribution in [-0.2, 0) is 6.67 Å². The molecule has 2 rings (SSSR count). The number of nitrogens with zero attached hydrogens (tertiary/aromatic N) is 1. The highest BCUT2D eigenvalue weighted by Crippen LogP contribution is 2.28. The number of rotatable bonds is 2. The zero-order valence-corrected chi connectivity index (χ0v) is 8.32. The Morgan fingerprint density at radius 3 is 2.69 bits per heavy atom. The summed E-state index contributed by atoms with van der Waals surface area (Å²) in [7, 11) is 0. The zero-order chi connectivity index (χ0) is 11.5. The first-order valence-electron chi connectivity index (χ1n) is 4.71. The highest BCUT2D eigenvalue weighted by molar-refractivity contribution is 5.66. The number of phenols is 1. The summed E-state index contributed by atoms with van der Waals surface area (Å²) in [5.74, 6) is -0.730. The fourth-order valence-corrected chi connectivity index (χ4v) is 1.43. The molecule has 0 aliphatic carbocycles. The van der Waals surface area contributed by atoms with Crippen LogP contribution in [0, 0.1) is 5.82 Å². The Balaban J connectivity index is 2.49.